The van der Waals surface area contributed by atoms with Crippen molar-refractivity contribution in [1.82, 2.24) is 4.98 Å². The van der Waals surface area contributed by atoms with Crippen molar-refractivity contribution in [2.75, 3.05) is 0 Å². The number of aryl methyl sites for hydroxylation is 1. The first-order chi connectivity index (χ1) is 10.8. The third-order valence-electron chi connectivity index (χ3n) is 4.58. The van der Waals surface area contributed by atoms with Crippen LogP contribution >= 0.6 is 0 Å². The van der Waals surface area contributed by atoms with E-state index in [2.05, 4.69) is 67.6 Å². The number of hydrogen-bond acceptors (Lipinski definition) is 1. The van der Waals surface area contributed by atoms with Crippen LogP contribution in [-0.2, 0) is 12.8 Å². The summed E-state index contributed by atoms with van der Waals surface area (Å²) < 4.78 is 0. The molecule has 1 aliphatic rings. The molecule has 1 heteroatoms. The standard InChI is InChI=1S/C21H19N/c1-15-18-13-8-14-19(18)20(16-9-4-2-5-10-16)21(22-15)17-11-6-3-7-12-17/h2-7,9-12H,8,13-14H2,1H3. The van der Waals surface area contributed by atoms with Crippen LogP contribution in [0.4, 0.5) is 0 Å². The molecule has 0 saturated heterocycles. The first-order valence-electron chi connectivity index (χ1n) is 7.98. The summed E-state index contributed by atoms with van der Waals surface area (Å²) in [6.45, 7) is 2.16. The van der Waals surface area contributed by atoms with Gasteiger partial charge in [0.2, 0.25) is 0 Å². The molecular weight excluding hydrogens is 266 g/mol. The minimum absolute atomic E-state index is 1.13. The number of rotatable bonds is 2. The zero-order valence-corrected chi connectivity index (χ0v) is 12.8. The van der Waals surface area contributed by atoms with Crippen LogP contribution in [0.15, 0.2) is 60.7 Å². The van der Waals surface area contributed by atoms with E-state index in [1.807, 2.05) is 0 Å². The van der Waals surface area contributed by atoms with Gasteiger partial charge < -0.3 is 0 Å². The van der Waals surface area contributed by atoms with Crippen LogP contribution in [0.5, 0.6) is 0 Å². The number of aromatic nitrogens is 1. The summed E-state index contributed by atoms with van der Waals surface area (Å²) in [5.74, 6) is 0. The average Bonchev–Trinajstić information content (AvgIpc) is 3.06. The smallest absolute Gasteiger partial charge is 0.0786 e. The number of fused-ring (bicyclic) bond motifs is 1. The highest BCUT2D eigenvalue weighted by atomic mass is 14.7. The van der Waals surface area contributed by atoms with E-state index < -0.39 is 0 Å². The van der Waals surface area contributed by atoms with Crippen LogP contribution in [0.1, 0.15) is 23.2 Å². The lowest BCUT2D eigenvalue weighted by molar-refractivity contribution is 0.907. The van der Waals surface area contributed by atoms with Crippen molar-refractivity contribution in [2.45, 2.75) is 26.2 Å². The Morgan fingerprint density at radius 3 is 2.00 bits per heavy atom. The molecule has 1 aromatic heterocycles. The highest BCUT2D eigenvalue weighted by Gasteiger charge is 2.23. The Morgan fingerprint density at radius 2 is 1.32 bits per heavy atom. The van der Waals surface area contributed by atoms with Crippen molar-refractivity contribution >= 4 is 0 Å². The van der Waals surface area contributed by atoms with Gasteiger partial charge in [-0.3, -0.25) is 4.98 Å². The maximum Gasteiger partial charge on any atom is 0.0786 e. The van der Waals surface area contributed by atoms with Gasteiger partial charge in [-0.25, -0.2) is 0 Å². The van der Waals surface area contributed by atoms with Gasteiger partial charge in [-0.1, -0.05) is 60.7 Å². The summed E-state index contributed by atoms with van der Waals surface area (Å²) in [4.78, 5) is 4.99. The van der Waals surface area contributed by atoms with E-state index in [1.165, 1.54) is 52.8 Å². The Hall–Kier alpha value is -2.41. The summed E-state index contributed by atoms with van der Waals surface area (Å²) in [6.07, 6.45) is 3.59. The maximum absolute atomic E-state index is 4.99. The molecule has 0 bridgehead atoms. The molecule has 108 valence electrons. The van der Waals surface area contributed by atoms with Crippen molar-refractivity contribution in [3.8, 4) is 22.4 Å². The van der Waals surface area contributed by atoms with Crippen molar-refractivity contribution < 1.29 is 0 Å². The Bertz CT molecular complexity index is 804. The first kappa shape index (κ1) is 13.3. The van der Waals surface area contributed by atoms with Crippen molar-refractivity contribution in [2.24, 2.45) is 0 Å². The monoisotopic (exact) mass is 285 g/mol. The molecule has 1 aliphatic carbocycles. The van der Waals surface area contributed by atoms with Gasteiger partial charge in [0.1, 0.15) is 0 Å². The van der Waals surface area contributed by atoms with Crippen LogP contribution in [0, 0.1) is 6.92 Å². The Morgan fingerprint density at radius 1 is 0.727 bits per heavy atom. The molecule has 22 heavy (non-hydrogen) atoms. The lowest BCUT2D eigenvalue weighted by atomic mass is 9.92. The molecule has 4 rings (SSSR count). The minimum Gasteiger partial charge on any atom is -0.252 e. The minimum atomic E-state index is 1.13. The van der Waals surface area contributed by atoms with Gasteiger partial charge in [0.15, 0.2) is 0 Å². The van der Waals surface area contributed by atoms with Crippen LogP contribution in [0.25, 0.3) is 22.4 Å². The zero-order valence-electron chi connectivity index (χ0n) is 12.8. The fourth-order valence-electron chi connectivity index (χ4n) is 3.57. The van der Waals surface area contributed by atoms with Gasteiger partial charge in [0.25, 0.3) is 0 Å². The van der Waals surface area contributed by atoms with E-state index in [1.54, 1.807) is 0 Å². The fourth-order valence-corrected chi connectivity index (χ4v) is 3.57. The van der Waals surface area contributed by atoms with Gasteiger partial charge >= 0.3 is 0 Å². The fraction of sp³-hybridized carbons (Fsp3) is 0.190. The van der Waals surface area contributed by atoms with Gasteiger partial charge in [0.05, 0.1) is 5.69 Å². The van der Waals surface area contributed by atoms with Gasteiger partial charge in [-0.15, -0.1) is 0 Å². The molecule has 0 aliphatic heterocycles. The topological polar surface area (TPSA) is 12.9 Å². The number of pyridine rings is 1. The first-order valence-corrected chi connectivity index (χ1v) is 7.98. The molecular formula is C21H19N. The molecule has 0 unspecified atom stereocenters. The maximum atomic E-state index is 4.99. The Kier molecular flexibility index (Phi) is 3.27. The number of hydrogen-bond donors (Lipinski definition) is 0. The second kappa shape index (κ2) is 5.42. The predicted octanol–water partition coefficient (Wildman–Crippen LogP) is 5.21. The highest BCUT2D eigenvalue weighted by Crippen LogP contribution is 2.39. The normalized spacial score (nSPS) is 13.1. The molecule has 0 amide bonds. The van der Waals surface area contributed by atoms with Crippen LogP contribution in [0.3, 0.4) is 0 Å². The van der Waals surface area contributed by atoms with Gasteiger partial charge in [-0.2, -0.15) is 0 Å². The average molecular weight is 285 g/mol. The van der Waals surface area contributed by atoms with E-state index in [9.17, 15) is 0 Å². The number of nitrogens with zero attached hydrogens (tertiary/aromatic N) is 1. The lowest BCUT2D eigenvalue weighted by Crippen LogP contribution is -2.00. The summed E-state index contributed by atoms with van der Waals surface area (Å²) >= 11 is 0. The summed E-state index contributed by atoms with van der Waals surface area (Å²) in [6, 6.07) is 21.3. The van der Waals surface area contributed by atoms with Gasteiger partial charge in [-0.05, 0) is 42.9 Å². The quantitative estimate of drug-likeness (QED) is 0.629. The highest BCUT2D eigenvalue weighted by molar-refractivity contribution is 5.84. The van der Waals surface area contributed by atoms with E-state index in [4.69, 9.17) is 4.98 Å². The second-order valence-corrected chi connectivity index (χ2v) is 5.96. The molecule has 1 nitrogen and oxygen atoms in total. The second-order valence-electron chi connectivity index (χ2n) is 5.96. The molecule has 1 heterocycles. The molecule has 0 radical (unpaired) electrons. The summed E-state index contributed by atoms with van der Waals surface area (Å²) in [7, 11) is 0. The molecule has 0 saturated carbocycles. The predicted molar refractivity (Wildman–Crippen MR) is 91.9 cm³/mol. The van der Waals surface area contributed by atoms with E-state index in [0.717, 1.165) is 5.69 Å². The van der Waals surface area contributed by atoms with E-state index in [0.29, 0.717) is 0 Å². The molecule has 0 N–H and O–H groups in total. The van der Waals surface area contributed by atoms with Crippen LogP contribution in [-0.4, -0.2) is 4.98 Å². The molecule has 0 spiro atoms. The van der Waals surface area contributed by atoms with Crippen LogP contribution < -0.4 is 0 Å². The van der Waals surface area contributed by atoms with Crippen molar-refractivity contribution in [3.63, 3.8) is 0 Å². The van der Waals surface area contributed by atoms with Gasteiger partial charge in [0, 0.05) is 16.8 Å². The number of benzene rings is 2. The summed E-state index contributed by atoms with van der Waals surface area (Å²) in [5.41, 5.74) is 9.14. The third kappa shape index (κ3) is 2.14. The lowest BCUT2D eigenvalue weighted by Gasteiger charge is -2.16. The van der Waals surface area contributed by atoms with Crippen LogP contribution in [0.2, 0.25) is 0 Å². The SMILES string of the molecule is Cc1nc(-c2ccccc2)c(-c2ccccc2)c2c1CCC2. The molecule has 0 atom stereocenters. The molecule has 3 aromatic rings. The van der Waals surface area contributed by atoms with E-state index in [-0.39, 0.29) is 0 Å². The van der Waals surface area contributed by atoms with Crippen molar-refractivity contribution in [1.29, 1.82) is 0 Å². The van der Waals surface area contributed by atoms with E-state index >= 15 is 0 Å². The Labute approximate surface area is 131 Å². The third-order valence-corrected chi connectivity index (χ3v) is 4.58. The largest absolute Gasteiger partial charge is 0.252 e. The summed E-state index contributed by atoms with van der Waals surface area (Å²) in [5, 5.41) is 0. The molecule has 2 aromatic carbocycles. The van der Waals surface area contributed by atoms with Crippen molar-refractivity contribution in [3.05, 3.63) is 77.5 Å². The Balaban J connectivity index is 2.04. The zero-order chi connectivity index (χ0) is 14.9. The molecule has 0 fully saturated rings.